The standard InChI is InChI=1S/C32H48N4O7S/c1-22(2)33-32(39)35(6)20-30-23(3)19-36(24(4)21-37)31(38)28-18-26(34-44(40,41)27-13-8-7-9-14-27)15-16-29(28)43-25(5)12-10-11-17-42-30/h7-9,13-16,18,22-25,30,34,37H,10-12,17,19-21H2,1-6H3,(H,33,39)/t23-,24+,25+,30-/m0/s1. The summed E-state index contributed by atoms with van der Waals surface area (Å²) in [4.78, 5) is 30.1. The minimum absolute atomic E-state index is 0.0165. The van der Waals surface area contributed by atoms with Crippen LogP contribution in [0.5, 0.6) is 5.75 Å². The van der Waals surface area contributed by atoms with Crippen LogP contribution in [0.3, 0.4) is 0 Å². The minimum atomic E-state index is -3.90. The third-order valence-corrected chi connectivity index (χ3v) is 8.97. The van der Waals surface area contributed by atoms with Gasteiger partial charge in [-0.3, -0.25) is 9.52 Å². The maximum Gasteiger partial charge on any atom is 0.317 e. The van der Waals surface area contributed by atoms with Crippen molar-refractivity contribution < 1.29 is 32.6 Å². The van der Waals surface area contributed by atoms with Crippen molar-refractivity contribution >= 4 is 27.6 Å². The third kappa shape index (κ3) is 9.83. The average Bonchev–Trinajstić information content (AvgIpc) is 2.98. The second kappa shape index (κ2) is 16.1. The van der Waals surface area contributed by atoms with Gasteiger partial charge < -0.3 is 29.7 Å². The van der Waals surface area contributed by atoms with E-state index in [1.807, 2.05) is 27.7 Å². The molecule has 4 atom stereocenters. The lowest BCUT2D eigenvalue weighted by atomic mass is 10.0. The topological polar surface area (TPSA) is 138 Å². The van der Waals surface area contributed by atoms with Crippen molar-refractivity contribution in [3.8, 4) is 5.75 Å². The van der Waals surface area contributed by atoms with Gasteiger partial charge >= 0.3 is 6.03 Å². The monoisotopic (exact) mass is 632 g/mol. The number of rotatable bonds is 8. The van der Waals surface area contributed by atoms with E-state index in [1.54, 1.807) is 54.1 Å². The van der Waals surface area contributed by atoms with Crippen LogP contribution in [-0.2, 0) is 14.8 Å². The van der Waals surface area contributed by atoms with E-state index in [4.69, 9.17) is 9.47 Å². The lowest BCUT2D eigenvalue weighted by Crippen LogP contribution is -2.49. The molecule has 2 aromatic carbocycles. The number of carbonyl (C=O) groups is 2. The molecule has 244 valence electrons. The smallest absolute Gasteiger partial charge is 0.317 e. The first-order valence-corrected chi connectivity index (χ1v) is 16.7. The maximum atomic E-state index is 14.2. The molecule has 11 nitrogen and oxygen atoms in total. The van der Waals surface area contributed by atoms with Crippen LogP contribution in [0.2, 0.25) is 0 Å². The van der Waals surface area contributed by atoms with Gasteiger partial charge in [-0.05, 0) is 77.3 Å². The Bertz CT molecular complexity index is 1340. The molecule has 0 radical (unpaired) electrons. The van der Waals surface area contributed by atoms with E-state index in [9.17, 15) is 23.1 Å². The van der Waals surface area contributed by atoms with Crippen LogP contribution in [0.15, 0.2) is 53.4 Å². The van der Waals surface area contributed by atoms with Gasteiger partial charge in [-0.15, -0.1) is 0 Å². The fraction of sp³-hybridized carbons (Fsp3) is 0.562. The van der Waals surface area contributed by atoms with Gasteiger partial charge in [0.1, 0.15) is 5.75 Å². The predicted octanol–water partition coefficient (Wildman–Crippen LogP) is 4.33. The Balaban J connectivity index is 1.98. The number of carbonyl (C=O) groups excluding carboxylic acids is 2. The number of nitrogens with one attached hydrogen (secondary N) is 2. The van der Waals surface area contributed by atoms with Gasteiger partial charge in [0.05, 0.1) is 35.3 Å². The number of likely N-dealkylation sites (N-methyl/N-ethyl adjacent to an activating group) is 1. The Labute approximate surface area is 262 Å². The Kier molecular flexibility index (Phi) is 12.9. The Morgan fingerprint density at radius 1 is 1.11 bits per heavy atom. The predicted molar refractivity (Wildman–Crippen MR) is 170 cm³/mol. The molecule has 3 rings (SSSR count). The van der Waals surface area contributed by atoms with Gasteiger partial charge in [-0.2, -0.15) is 0 Å². The molecule has 44 heavy (non-hydrogen) atoms. The Hall–Kier alpha value is -3.35. The van der Waals surface area contributed by atoms with Gasteiger partial charge in [0.25, 0.3) is 15.9 Å². The van der Waals surface area contributed by atoms with E-state index < -0.39 is 22.0 Å². The lowest BCUT2D eigenvalue weighted by Gasteiger charge is -2.36. The number of hydrogen-bond donors (Lipinski definition) is 3. The van der Waals surface area contributed by atoms with E-state index in [0.717, 1.165) is 12.8 Å². The van der Waals surface area contributed by atoms with E-state index in [1.165, 1.54) is 18.2 Å². The second-order valence-corrected chi connectivity index (χ2v) is 13.6. The second-order valence-electron chi connectivity index (χ2n) is 11.9. The zero-order chi connectivity index (χ0) is 32.4. The molecule has 0 unspecified atom stereocenters. The van der Waals surface area contributed by atoms with E-state index in [2.05, 4.69) is 10.0 Å². The molecule has 1 aliphatic rings. The number of hydrogen-bond acceptors (Lipinski definition) is 7. The summed E-state index contributed by atoms with van der Waals surface area (Å²) >= 11 is 0. The molecule has 0 bridgehead atoms. The molecule has 2 aromatic rings. The van der Waals surface area contributed by atoms with E-state index in [-0.39, 0.29) is 59.5 Å². The molecule has 0 aromatic heterocycles. The quantitative estimate of drug-likeness (QED) is 0.394. The van der Waals surface area contributed by atoms with Crippen molar-refractivity contribution in [2.24, 2.45) is 5.92 Å². The van der Waals surface area contributed by atoms with Crippen LogP contribution in [-0.4, -0.2) is 92.9 Å². The highest BCUT2D eigenvalue weighted by Crippen LogP contribution is 2.29. The molecule has 0 aliphatic carbocycles. The first-order chi connectivity index (χ1) is 20.8. The number of amides is 3. The highest BCUT2D eigenvalue weighted by molar-refractivity contribution is 7.92. The summed E-state index contributed by atoms with van der Waals surface area (Å²) in [5.41, 5.74) is 0.391. The number of anilines is 1. The van der Waals surface area contributed by atoms with Crippen molar-refractivity contribution in [1.29, 1.82) is 0 Å². The normalized spacial score (nSPS) is 21.0. The SMILES string of the molecule is CC(C)NC(=O)N(C)C[C@@H]1OCCCC[C@@H](C)Oc2ccc(NS(=O)(=O)c3ccccc3)cc2C(=O)N([C@H](C)CO)C[C@@H]1C. The first-order valence-electron chi connectivity index (χ1n) is 15.3. The van der Waals surface area contributed by atoms with Crippen molar-refractivity contribution in [2.45, 2.75) is 83.1 Å². The molecular formula is C32H48N4O7S. The highest BCUT2D eigenvalue weighted by atomic mass is 32.2. The first kappa shape index (κ1) is 35.1. The number of urea groups is 1. The molecule has 1 aliphatic heterocycles. The zero-order valence-electron chi connectivity index (χ0n) is 26.7. The van der Waals surface area contributed by atoms with Crippen LogP contribution in [0.25, 0.3) is 0 Å². The Morgan fingerprint density at radius 3 is 2.48 bits per heavy atom. The Morgan fingerprint density at radius 2 is 1.82 bits per heavy atom. The molecular weight excluding hydrogens is 584 g/mol. The van der Waals surface area contributed by atoms with Crippen molar-refractivity contribution in [2.75, 3.05) is 38.1 Å². The summed E-state index contributed by atoms with van der Waals surface area (Å²) < 4.78 is 41.2. The molecule has 0 saturated carbocycles. The van der Waals surface area contributed by atoms with Crippen LogP contribution < -0.4 is 14.8 Å². The summed E-state index contributed by atoms with van der Waals surface area (Å²) in [5.74, 6) is -0.292. The van der Waals surface area contributed by atoms with Crippen molar-refractivity contribution in [3.05, 3.63) is 54.1 Å². The molecule has 3 N–H and O–H groups in total. The summed E-state index contributed by atoms with van der Waals surface area (Å²) in [5, 5.41) is 13.0. The molecule has 0 saturated heterocycles. The zero-order valence-corrected chi connectivity index (χ0v) is 27.5. The van der Waals surface area contributed by atoms with Gasteiger partial charge in [-0.25, -0.2) is 13.2 Å². The van der Waals surface area contributed by atoms with Crippen molar-refractivity contribution in [1.82, 2.24) is 15.1 Å². The van der Waals surface area contributed by atoms with Crippen LogP contribution in [0.4, 0.5) is 10.5 Å². The fourth-order valence-electron chi connectivity index (χ4n) is 4.97. The van der Waals surface area contributed by atoms with Gasteiger partial charge in [0.2, 0.25) is 0 Å². The molecule has 0 spiro atoms. The van der Waals surface area contributed by atoms with Crippen molar-refractivity contribution in [3.63, 3.8) is 0 Å². The van der Waals surface area contributed by atoms with E-state index in [0.29, 0.717) is 25.3 Å². The van der Waals surface area contributed by atoms with Crippen LogP contribution >= 0.6 is 0 Å². The summed E-state index contributed by atoms with van der Waals surface area (Å²) in [7, 11) is -2.19. The lowest BCUT2D eigenvalue weighted by molar-refractivity contribution is -0.0122. The van der Waals surface area contributed by atoms with Gasteiger partial charge in [0.15, 0.2) is 0 Å². The highest BCUT2D eigenvalue weighted by Gasteiger charge is 2.31. The molecule has 0 fully saturated rings. The number of nitrogens with zero attached hydrogens (tertiary/aromatic N) is 2. The van der Waals surface area contributed by atoms with E-state index >= 15 is 0 Å². The minimum Gasteiger partial charge on any atom is -0.490 e. The summed E-state index contributed by atoms with van der Waals surface area (Å²) in [6, 6.07) is 11.9. The molecule has 1 heterocycles. The van der Waals surface area contributed by atoms with Gasteiger partial charge in [-0.1, -0.05) is 25.1 Å². The van der Waals surface area contributed by atoms with Gasteiger partial charge in [0, 0.05) is 44.4 Å². The third-order valence-electron chi connectivity index (χ3n) is 7.57. The van der Waals surface area contributed by atoms with Crippen LogP contribution in [0.1, 0.15) is 64.2 Å². The summed E-state index contributed by atoms with van der Waals surface area (Å²) in [6.07, 6.45) is 1.74. The number of aliphatic hydroxyl groups excluding tert-OH is 1. The number of ether oxygens (including phenoxy) is 2. The fourth-order valence-corrected chi connectivity index (χ4v) is 6.04. The maximum absolute atomic E-state index is 14.2. The number of benzene rings is 2. The summed E-state index contributed by atoms with van der Waals surface area (Å²) in [6.45, 7) is 10.2. The van der Waals surface area contributed by atoms with Crippen LogP contribution in [0, 0.1) is 5.92 Å². The number of aliphatic hydroxyl groups is 1. The molecule has 12 heteroatoms. The average molecular weight is 633 g/mol. The number of sulfonamides is 1. The molecule has 3 amide bonds. The largest absolute Gasteiger partial charge is 0.490 e. The number of fused-ring (bicyclic) bond motifs is 1.